The standard InChI is InChI=1S/C24H20ClN5O4/c25-18-11-16-19(30(24-27-8-4-9-28-24)13-17(22(16)31)23(32)33)12-20(18)29-10-3-5-15(29)14-34-21-6-1-2-7-26-21/h1-2,4,6-9,11-13,15H,3,5,10,14H2,(H,32,33). The fourth-order valence-electron chi connectivity index (χ4n) is 4.23. The Hall–Kier alpha value is -3.98. The molecule has 4 heterocycles. The first-order valence-electron chi connectivity index (χ1n) is 10.7. The van der Waals surface area contributed by atoms with Gasteiger partial charge in [-0.15, -0.1) is 0 Å². The number of aromatic carboxylic acids is 1. The number of carboxylic acids is 1. The number of aromatic nitrogens is 4. The fourth-order valence-corrected chi connectivity index (χ4v) is 4.50. The number of carbonyl (C=O) groups is 1. The van der Waals surface area contributed by atoms with Crippen LogP contribution < -0.4 is 15.1 Å². The number of ether oxygens (including phenoxy) is 1. The quantitative estimate of drug-likeness (QED) is 0.448. The smallest absolute Gasteiger partial charge is 0.341 e. The maximum Gasteiger partial charge on any atom is 0.341 e. The summed E-state index contributed by atoms with van der Waals surface area (Å²) in [7, 11) is 0. The normalized spacial score (nSPS) is 15.6. The zero-order valence-corrected chi connectivity index (χ0v) is 18.7. The maximum atomic E-state index is 12.9. The first-order valence-corrected chi connectivity index (χ1v) is 11.1. The summed E-state index contributed by atoms with van der Waals surface area (Å²) in [5.74, 6) is -0.530. The van der Waals surface area contributed by atoms with Crippen molar-refractivity contribution in [3.05, 3.63) is 82.0 Å². The number of rotatable bonds is 6. The Morgan fingerprint density at radius 2 is 1.94 bits per heavy atom. The number of fused-ring (bicyclic) bond motifs is 1. The van der Waals surface area contributed by atoms with Gasteiger partial charge in [0.2, 0.25) is 17.3 Å². The second kappa shape index (κ2) is 9.11. The number of halogens is 1. The molecule has 1 aliphatic heterocycles. The van der Waals surface area contributed by atoms with Crippen LogP contribution in [-0.2, 0) is 0 Å². The van der Waals surface area contributed by atoms with Gasteiger partial charge >= 0.3 is 5.97 Å². The number of nitrogens with zero attached hydrogens (tertiary/aromatic N) is 5. The van der Waals surface area contributed by atoms with Crippen LogP contribution in [0.5, 0.6) is 5.88 Å². The summed E-state index contributed by atoms with van der Waals surface area (Å²) in [4.78, 5) is 39.5. The van der Waals surface area contributed by atoms with Gasteiger partial charge in [0.25, 0.3) is 0 Å². The van der Waals surface area contributed by atoms with Gasteiger partial charge in [0.15, 0.2) is 0 Å². The summed E-state index contributed by atoms with van der Waals surface area (Å²) in [6.45, 7) is 1.19. The molecule has 0 amide bonds. The molecule has 1 aromatic carbocycles. The van der Waals surface area contributed by atoms with E-state index in [0.29, 0.717) is 23.0 Å². The van der Waals surface area contributed by atoms with Gasteiger partial charge in [-0.25, -0.2) is 19.7 Å². The molecule has 10 heteroatoms. The van der Waals surface area contributed by atoms with Crippen molar-refractivity contribution in [2.75, 3.05) is 18.1 Å². The summed E-state index contributed by atoms with van der Waals surface area (Å²) in [6, 6.07) is 10.5. The highest BCUT2D eigenvalue weighted by Crippen LogP contribution is 2.35. The molecule has 5 rings (SSSR count). The predicted molar refractivity (Wildman–Crippen MR) is 127 cm³/mol. The Morgan fingerprint density at radius 3 is 2.68 bits per heavy atom. The van der Waals surface area contributed by atoms with Crippen molar-refractivity contribution in [2.24, 2.45) is 0 Å². The SMILES string of the molecule is O=C(O)c1cn(-c2ncccn2)c2cc(N3CCCC3COc3ccccn3)c(Cl)cc2c1=O. The van der Waals surface area contributed by atoms with E-state index in [9.17, 15) is 14.7 Å². The van der Waals surface area contributed by atoms with E-state index in [1.54, 1.807) is 36.8 Å². The molecule has 1 fully saturated rings. The van der Waals surface area contributed by atoms with E-state index in [1.165, 1.54) is 16.8 Å². The van der Waals surface area contributed by atoms with Gasteiger partial charge in [-0.05, 0) is 37.1 Å². The Bertz CT molecular complexity index is 1410. The molecule has 4 aromatic rings. The average molecular weight is 478 g/mol. The predicted octanol–water partition coefficient (Wildman–Crippen LogP) is 3.58. The lowest BCUT2D eigenvalue weighted by Gasteiger charge is -2.28. The molecule has 9 nitrogen and oxygen atoms in total. The van der Waals surface area contributed by atoms with Crippen molar-refractivity contribution in [2.45, 2.75) is 18.9 Å². The topological polar surface area (TPSA) is 110 Å². The van der Waals surface area contributed by atoms with Crippen LogP contribution in [0.4, 0.5) is 5.69 Å². The van der Waals surface area contributed by atoms with E-state index in [-0.39, 0.29) is 22.9 Å². The van der Waals surface area contributed by atoms with Crippen LogP contribution in [0.2, 0.25) is 5.02 Å². The minimum atomic E-state index is -1.33. The molecule has 1 aliphatic rings. The second-order valence-electron chi connectivity index (χ2n) is 7.89. The zero-order chi connectivity index (χ0) is 23.7. The first kappa shape index (κ1) is 21.8. The molecule has 0 radical (unpaired) electrons. The highest BCUT2D eigenvalue weighted by Gasteiger charge is 2.28. The van der Waals surface area contributed by atoms with E-state index in [4.69, 9.17) is 16.3 Å². The summed E-state index contributed by atoms with van der Waals surface area (Å²) >= 11 is 6.65. The summed E-state index contributed by atoms with van der Waals surface area (Å²) in [6.07, 6.45) is 7.90. The van der Waals surface area contributed by atoms with E-state index in [2.05, 4.69) is 19.9 Å². The van der Waals surface area contributed by atoms with Gasteiger partial charge in [-0.2, -0.15) is 0 Å². The largest absolute Gasteiger partial charge is 0.477 e. The van der Waals surface area contributed by atoms with Crippen LogP contribution >= 0.6 is 11.6 Å². The van der Waals surface area contributed by atoms with Crippen LogP contribution in [0.3, 0.4) is 0 Å². The van der Waals surface area contributed by atoms with Crippen molar-refractivity contribution in [3.63, 3.8) is 0 Å². The highest BCUT2D eigenvalue weighted by molar-refractivity contribution is 6.34. The molecule has 172 valence electrons. The summed E-state index contributed by atoms with van der Waals surface area (Å²) in [5.41, 5.74) is 0.205. The molecule has 1 atom stereocenters. The monoisotopic (exact) mass is 477 g/mol. The van der Waals surface area contributed by atoms with Crippen LogP contribution in [0.25, 0.3) is 16.9 Å². The molecular formula is C24H20ClN5O4. The van der Waals surface area contributed by atoms with Crippen molar-refractivity contribution in [1.29, 1.82) is 0 Å². The van der Waals surface area contributed by atoms with Gasteiger partial charge in [0.05, 0.1) is 22.3 Å². The Balaban J connectivity index is 1.59. The van der Waals surface area contributed by atoms with Gasteiger partial charge in [-0.1, -0.05) is 17.7 Å². The highest BCUT2D eigenvalue weighted by atomic mass is 35.5. The number of benzene rings is 1. The molecule has 3 aromatic heterocycles. The number of hydrogen-bond acceptors (Lipinski definition) is 7. The summed E-state index contributed by atoms with van der Waals surface area (Å²) in [5, 5.41) is 10.1. The molecule has 1 saturated heterocycles. The Kier molecular flexibility index (Phi) is 5.85. The lowest BCUT2D eigenvalue weighted by atomic mass is 10.1. The number of pyridine rings is 2. The fraction of sp³-hybridized carbons (Fsp3) is 0.208. The molecule has 0 aliphatic carbocycles. The van der Waals surface area contributed by atoms with E-state index in [1.807, 2.05) is 12.1 Å². The lowest BCUT2D eigenvalue weighted by molar-refractivity contribution is 0.0695. The third-order valence-corrected chi connectivity index (χ3v) is 6.12. The number of hydrogen-bond donors (Lipinski definition) is 1. The van der Waals surface area contributed by atoms with Crippen LogP contribution in [0.1, 0.15) is 23.2 Å². The third-order valence-electron chi connectivity index (χ3n) is 5.82. The number of anilines is 1. The van der Waals surface area contributed by atoms with Crippen molar-refractivity contribution >= 4 is 34.2 Å². The van der Waals surface area contributed by atoms with Gasteiger partial charge in [0, 0.05) is 42.8 Å². The molecular weight excluding hydrogens is 458 g/mol. The molecule has 0 spiro atoms. The Labute approximate surface area is 199 Å². The van der Waals surface area contributed by atoms with Crippen molar-refractivity contribution in [1.82, 2.24) is 19.5 Å². The van der Waals surface area contributed by atoms with Gasteiger partial charge < -0.3 is 14.7 Å². The number of carboxylic acid groups (broad SMARTS) is 1. The molecule has 0 saturated carbocycles. The van der Waals surface area contributed by atoms with Gasteiger partial charge in [0.1, 0.15) is 12.2 Å². The maximum absolute atomic E-state index is 12.9. The average Bonchev–Trinajstić information content (AvgIpc) is 3.32. The lowest BCUT2D eigenvalue weighted by Crippen LogP contribution is -2.34. The van der Waals surface area contributed by atoms with E-state index >= 15 is 0 Å². The van der Waals surface area contributed by atoms with E-state index in [0.717, 1.165) is 25.1 Å². The van der Waals surface area contributed by atoms with Crippen molar-refractivity contribution in [3.8, 4) is 11.8 Å². The molecule has 1 N–H and O–H groups in total. The zero-order valence-electron chi connectivity index (χ0n) is 18.0. The first-order chi connectivity index (χ1) is 16.5. The van der Waals surface area contributed by atoms with Crippen LogP contribution in [-0.4, -0.2) is 49.8 Å². The third kappa shape index (κ3) is 4.06. The van der Waals surface area contributed by atoms with Gasteiger partial charge in [-0.3, -0.25) is 9.36 Å². The summed E-state index contributed by atoms with van der Waals surface area (Å²) < 4.78 is 7.40. The molecule has 1 unspecified atom stereocenters. The minimum absolute atomic E-state index is 0.0587. The second-order valence-corrected chi connectivity index (χ2v) is 8.29. The van der Waals surface area contributed by atoms with E-state index < -0.39 is 11.4 Å². The molecule has 0 bridgehead atoms. The van der Waals surface area contributed by atoms with Crippen molar-refractivity contribution < 1.29 is 14.6 Å². The molecule has 34 heavy (non-hydrogen) atoms. The van der Waals surface area contributed by atoms with Crippen LogP contribution in [0.15, 0.2) is 66.0 Å². The Morgan fingerprint density at radius 1 is 1.15 bits per heavy atom. The van der Waals surface area contributed by atoms with Crippen LogP contribution in [0, 0.1) is 0 Å². The minimum Gasteiger partial charge on any atom is -0.477 e.